The number of anilines is 2. The zero-order valence-corrected chi connectivity index (χ0v) is 18.9. The fraction of sp³-hybridized carbons (Fsp3) is 0.190. The Morgan fingerprint density at radius 3 is 2.77 bits per heavy atom. The van der Waals surface area contributed by atoms with Crippen molar-refractivity contribution in [3.05, 3.63) is 65.2 Å². The lowest BCUT2D eigenvalue weighted by Gasteiger charge is -2.14. The zero-order valence-electron chi connectivity index (χ0n) is 16.6. The summed E-state index contributed by atoms with van der Waals surface area (Å²) in [6.45, 7) is 4.35. The van der Waals surface area contributed by atoms with Gasteiger partial charge in [-0.2, -0.15) is 0 Å². The molecule has 3 rings (SSSR count). The highest BCUT2D eigenvalue weighted by atomic mass is 35.5. The van der Waals surface area contributed by atoms with Crippen molar-refractivity contribution in [2.24, 2.45) is 0 Å². The number of aromatic nitrogens is 3. The Bertz CT molecular complexity index is 1070. The highest BCUT2D eigenvalue weighted by Crippen LogP contribution is 2.28. The average molecular weight is 462 g/mol. The van der Waals surface area contributed by atoms with Gasteiger partial charge in [-0.1, -0.05) is 53.2 Å². The summed E-state index contributed by atoms with van der Waals surface area (Å²) < 4.78 is 1.94. The van der Waals surface area contributed by atoms with Crippen molar-refractivity contribution in [2.45, 2.75) is 11.7 Å². The van der Waals surface area contributed by atoms with E-state index in [-0.39, 0.29) is 11.7 Å². The lowest BCUT2D eigenvalue weighted by molar-refractivity contribution is -0.113. The van der Waals surface area contributed by atoms with E-state index in [1.54, 1.807) is 24.3 Å². The number of hydrogen-bond acceptors (Lipinski definition) is 5. The van der Waals surface area contributed by atoms with Gasteiger partial charge in [0, 0.05) is 36.9 Å². The molecule has 30 heavy (non-hydrogen) atoms. The van der Waals surface area contributed by atoms with Crippen LogP contribution in [0, 0.1) is 0 Å². The van der Waals surface area contributed by atoms with Crippen LogP contribution >= 0.6 is 35.0 Å². The van der Waals surface area contributed by atoms with Crippen LogP contribution < -0.4 is 10.2 Å². The molecular weight excluding hydrogens is 441 g/mol. The number of allylic oxidation sites excluding steroid dienone is 1. The van der Waals surface area contributed by atoms with Gasteiger partial charge in [0.25, 0.3) is 0 Å². The molecule has 1 amide bonds. The molecular formula is C21H21Cl2N5OS. The highest BCUT2D eigenvalue weighted by molar-refractivity contribution is 7.99. The maximum atomic E-state index is 12.4. The summed E-state index contributed by atoms with van der Waals surface area (Å²) in [5, 5.41) is 13.0. The smallest absolute Gasteiger partial charge is 0.234 e. The highest BCUT2D eigenvalue weighted by Gasteiger charge is 2.16. The van der Waals surface area contributed by atoms with Crippen molar-refractivity contribution in [1.82, 2.24) is 14.8 Å². The summed E-state index contributed by atoms with van der Waals surface area (Å²) in [4.78, 5) is 14.4. The van der Waals surface area contributed by atoms with Gasteiger partial charge in [-0.3, -0.25) is 9.36 Å². The fourth-order valence-corrected chi connectivity index (χ4v) is 3.82. The van der Waals surface area contributed by atoms with Gasteiger partial charge in [0.15, 0.2) is 11.0 Å². The Morgan fingerprint density at radius 1 is 1.23 bits per heavy atom. The Labute approximate surface area is 189 Å². The lowest BCUT2D eigenvalue weighted by Crippen LogP contribution is -2.15. The minimum atomic E-state index is -0.214. The first-order chi connectivity index (χ1) is 14.4. The Balaban J connectivity index is 1.76. The predicted molar refractivity (Wildman–Crippen MR) is 126 cm³/mol. The van der Waals surface area contributed by atoms with E-state index in [1.807, 2.05) is 47.8 Å². The van der Waals surface area contributed by atoms with Crippen LogP contribution in [0.3, 0.4) is 0 Å². The van der Waals surface area contributed by atoms with Crippen LogP contribution in [0.25, 0.3) is 11.4 Å². The standard InChI is InChI=1S/C21H21Cl2N5OS/c1-4-10-28-20(14-6-5-7-16(11-14)27(2)3)25-26-21(28)30-13-19(29)24-18-12-15(22)8-9-17(18)23/h4-9,11-12H,1,10,13H2,2-3H3,(H,24,29). The molecule has 2 aromatic carbocycles. The fourth-order valence-electron chi connectivity index (χ4n) is 2.74. The van der Waals surface area contributed by atoms with Crippen LogP contribution in [0.4, 0.5) is 11.4 Å². The summed E-state index contributed by atoms with van der Waals surface area (Å²) in [5.41, 5.74) is 2.48. The quantitative estimate of drug-likeness (QED) is 0.367. The van der Waals surface area contributed by atoms with Crippen LogP contribution in [0.2, 0.25) is 10.0 Å². The number of hydrogen-bond donors (Lipinski definition) is 1. The van der Waals surface area contributed by atoms with Gasteiger partial charge in [0.05, 0.1) is 16.5 Å². The van der Waals surface area contributed by atoms with Crippen LogP contribution in [0.5, 0.6) is 0 Å². The Morgan fingerprint density at radius 2 is 2.03 bits per heavy atom. The molecule has 0 bridgehead atoms. The zero-order chi connectivity index (χ0) is 21.7. The summed E-state index contributed by atoms with van der Waals surface area (Å²) >= 11 is 13.4. The van der Waals surface area contributed by atoms with Crippen LogP contribution in [0.15, 0.2) is 60.3 Å². The van der Waals surface area contributed by atoms with Crippen molar-refractivity contribution in [3.63, 3.8) is 0 Å². The summed E-state index contributed by atoms with van der Waals surface area (Å²) in [7, 11) is 3.97. The van der Waals surface area contributed by atoms with Gasteiger partial charge in [-0.15, -0.1) is 16.8 Å². The topological polar surface area (TPSA) is 63.1 Å². The summed E-state index contributed by atoms with van der Waals surface area (Å²) in [5.74, 6) is 0.656. The van der Waals surface area contributed by atoms with Gasteiger partial charge in [0.2, 0.25) is 5.91 Å². The number of nitrogens with zero attached hydrogens (tertiary/aromatic N) is 4. The third-order valence-corrected chi connectivity index (χ3v) is 5.72. The van der Waals surface area contributed by atoms with Crippen molar-refractivity contribution < 1.29 is 4.79 Å². The van der Waals surface area contributed by atoms with Gasteiger partial charge in [-0.05, 0) is 30.3 Å². The van der Waals surface area contributed by atoms with E-state index < -0.39 is 0 Å². The lowest BCUT2D eigenvalue weighted by atomic mass is 10.2. The second kappa shape index (κ2) is 10.0. The average Bonchev–Trinajstić information content (AvgIpc) is 3.12. The number of carbonyl (C=O) groups is 1. The van der Waals surface area contributed by atoms with Crippen molar-refractivity contribution >= 4 is 52.2 Å². The number of nitrogens with one attached hydrogen (secondary N) is 1. The molecule has 156 valence electrons. The minimum Gasteiger partial charge on any atom is -0.378 e. The largest absolute Gasteiger partial charge is 0.378 e. The third-order valence-electron chi connectivity index (χ3n) is 4.18. The molecule has 0 atom stereocenters. The minimum absolute atomic E-state index is 0.149. The van der Waals surface area contributed by atoms with E-state index >= 15 is 0 Å². The molecule has 1 aromatic heterocycles. The molecule has 0 aliphatic rings. The molecule has 3 aromatic rings. The van der Waals surface area contributed by atoms with Crippen molar-refractivity contribution in [1.29, 1.82) is 0 Å². The van der Waals surface area contributed by atoms with E-state index in [0.717, 1.165) is 17.1 Å². The normalized spacial score (nSPS) is 10.7. The molecule has 0 spiro atoms. The van der Waals surface area contributed by atoms with E-state index in [2.05, 4.69) is 22.1 Å². The van der Waals surface area contributed by atoms with E-state index in [4.69, 9.17) is 23.2 Å². The molecule has 6 nitrogen and oxygen atoms in total. The van der Waals surface area contributed by atoms with Crippen LogP contribution in [-0.2, 0) is 11.3 Å². The number of thioether (sulfide) groups is 1. The molecule has 0 saturated heterocycles. The van der Waals surface area contributed by atoms with Gasteiger partial charge < -0.3 is 10.2 Å². The number of rotatable bonds is 8. The van der Waals surface area contributed by atoms with Gasteiger partial charge >= 0.3 is 0 Å². The summed E-state index contributed by atoms with van der Waals surface area (Å²) in [6.07, 6.45) is 1.78. The second-order valence-electron chi connectivity index (χ2n) is 6.61. The van der Waals surface area contributed by atoms with E-state index in [0.29, 0.717) is 27.4 Å². The maximum Gasteiger partial charge on any atom is 0.234 e. The molecule has 0 radical (unpaired) electrons. The third kappa shape index (κ3) is 5.36. The first-order valence-corrected chi connectivity index (χ1v) is 10.8. The van der Waals surface area contributed by atoms with E-state index in [9.17, 15) is 4.79 Å². The van der Waals surface area contributed by atoms with Crippen LogP contribution in [0.1, 0.15) is 0 Å². The first-order valence-electron chi connectivity index (χ1n) is 9.08. The molecule has 9 heteroatoms. The monoisotopic (exact) mass is 461 g/mol. The summed E-state index contributed by atoms with van der Waals surface area (Å²) in [6, 6.07) is 13.0. The molecule has 0 fully saturated rings. The number of halogens is 2. The Hall–Kier alpha value is -2.48. The molecule has 1 N–H and O–H groups in total. The van der Waals surface area contributed by atoms with E-state index in [1.165, 1.54) is 11.8 Å². The maximum absolute atomic E-state index is 12.4. The number of amides is 1. The number of carbonyl (C=O) groups excluding carboxylic acids is 1. The molecule has 0 aliphatic carbocycles. The van der Waals surface area contributed by atoms with Crippen LogP contribution in [-0.4, -0.2) is 40.5 Å². The van der Waals surface area contributed by atoms with Gasteiger partial charge in [-0.25, -0.2) is 0 Å². The van der Waals surface area contributed by atoms with Crippen molar-refractivity contribution in [3.8, 4) is 11.4 Å². The molecule has 0 saturated carbocycles. The molecule has 0 unspecified atom stereocenters. The van der Waals surface area contributed by atoms with Gasteiger partial charge in [0.1, 0.15) is 0 Å². The first kappa shape index (κ1) is 22.2. The predicted octanol–water partition coefficient (Wildman–Crippen LogP) is 5.23. The molecule has 0 aliphatic heterocycles. The SMILES string of the molecule is C=CCn1c(SCC(=O)Nc2cc(Cl)ccc2Cl)nnc1-c1cccc(N(C)C)c1. The number of benzene rings is 2. The Kier molecular flexibility index (Phi) is 7.42. The second-order valence-corrected chi connectivity index (χ2v) is 8.40. The molecule has 1 heterocycles. The van der Waals surface area contributed by atoms with Crippen molar-refractivity contribution in [2.75, 3.05) is 30.1 Å².